The van der Waals surface area contributed by atoms with E-state index < -0.39 is 0 Å². The van der Waals surface area contributed by atoms with E-state index in [1.807, 2.05) is 0 Å². The summed E-state index contributed by atoms with van der Waals surface area (Å²) in [5.74, 6) is 0.281. The molecule has 0 aliphatic carbocycles. The molecule has 0 amide bonds. The van der Waals surface area contributed by atoms with Gasteiger partial charge in [-0.2, -0.15) is 5.26 Å². The van der Waals surface area contributed by atoms with E-state index >= 15 is 0 Å². The summed E-state index contributed by atoms with van der Waals surface area (Å²) in [6.45, 7) is 0. The molecule has 0 atom stereocenters. The molecule has 23 heavy (non-hydrogen) atoms. The van der Waals surface area contributed by atoms with Crippen molar-refractivity contribution in [2.24, 2.45) is 0 Å². The van der Waals surface area contributed by atoms with Crippen LogP contribution in [-0.2, 0) is 0 Å². The number of aromatic amines is 1. The summed E-state index contributed by atoms with van der Waals surface area (Å²) in [5, 5.41) is 19.1. The first-order valence-corrected chi connectivity index (χ1v) is 6.75. The number of nitriles is 1. The Morgan fingerprint density at radius 3 is 2.87 bits per heavy atom. The molecule has 114 valence electrons. The molecule has 0 saturated heterocycles. The lowest BCUT2D eigenvalue weighted by Crippen LogP contribution is -1.86. The minimum absolute atomic E-state index is 0.0229. The number of aromatic nitrogens is 2. The number of fused-ring (bicyclic) bond motifs is 1. The first-order valence-electron chi connectivity index (χ1n) is 6.75. The number of halogens is 1. The summed E-state index contributed by atoms with van der Waals surface area (Å²) in [6.07, 6.45) is 1.58. The minimum atomic E-state index is -0.379. The Kier molecular flexibility index (Phi) is 3.69. The van der Waals surface area contributed by atoms with E-state index in [0.717, 1.165) is 0 Å². The molecule has 0 aliphatic rings. The van der Waals surface area contributed by atoms with Gasteiger partial charge in [-0.3, -0.25) is 0 Å². The van der Waals surface area contributed by atoms with Gasteiger partial charge in [0, 0.05) is 0 Å². The van der Waals surface area contributed by atoms with Crippen LogP contribution in [-0.4, -0.2) is 22.2 Å². The molecule has 1 aromatic heterocycles. The van der Waals surface area contributed by atoms with Crippen LogP contribution < -0.4 is 4.74 Å². The second-order valence-electron chi connectivity index (χ2n) is 4.85. The molecule has 2 N–H and O–H groups in total. The maximum Gasteiger partial charge on any atom is 0.160 e. The Balaban J connectivity index is 2.04. The molecule has 0 saturated carbocycles. The molecule has 6 heteroatoms. The Hall–Kier alpha value is -3.33. The van der Waals surface area contributed by atoms with E-state index in [1.165, 1.54) is 25.3 Å². The van der Waals surface area contributed by atoms with Crippen molar-refractivity contribution in [3.63, 3.8) is 0 Å². The van der Waals surface area contributed by atoms with Crippen LogP contribution in [0.5, 0.6) is 11.5 Å². The predicted octanol–water partition coefficient (Wildman–Crippen LogP) is 3.48. The fourth-order valence-electron chi connectivity index (χ4n) is 2.23. The first-order chi connectivity index (χ1) is 11.1. The first kappa shape index (κ1) is 14.6. The van der Waals surface area contributed by atoms with Crippen molar-refractivity contribution in [3.05, 3.63) is 53.6 Å². The fraction of sp³-hybridized carbons (Fsp3) is 0.0588. The van der Waals surface area contributed by atoms with Crippen molar-refractivity contribution in [1.29, 1.82) is 5.26 Å². The summed E-state index contributed by atoms with van der Waals surface area (Å²) < 4.78 is 18.2. The number of nitrogens with one attached hydrogen (secondary N) is 1. The number of ether oxygens (including phenoxy) is 1. The normalized spacial score (nSPS) is 11.4. The van der Waals surface area contributed by atoms with Crippen LogP contribution in [0, 0.1) is 17.1 Å². The van der Waals surface area contributed by atoms with Crippen molar-refractivity contribution in [1.82, 2.24) is 9.97 Å². The van der Waals surface area contributed by atoms with Gasteiger partial charge in [-0.15, -0.1) is 0 Å². The van der Waals surface area contributed by atoms with Gasteiger partial charge in [0.1, 0.15) is 17.7 Å². The number of aromatic hydroxyl groups is 1. The van der Waals surface area contributed by atoms with Crippen molar-refractivity contribution in [3.8, 4) is 17.6 Å². The lowest BCUT2D eigenvalue weighted by Gasteiger charge is -2.03. The second kappa shape index (κ2) is 5.81. The average Bonchev–Trinajstić information content (AvgIpc) is 2.95. The van der Waals surface area contributed by atoms with Crippen LogP contribution >= 0.6 is 0 Å². The highest BCUT2D eigenvalue weighted by Crippen LogP contribution is 2.28. The zero-order chi connectivity index (χ0) is 16.4. The summed E-state index contributed by atoms with van der Waals surface area (Å²) in [6, 6.07) is 11.0. The summed E-state index contributed by atoms with van der Waals surface area (Å²) in [7, 11) is 1.46. The summed E-state index contributed by atoms with van der Waals surface area (Å²) in [4.78, 5) is 7.19. The lowest BCUT2D eigenvalue weighted by molar-refractivity contribution is 0.373. The second-order valence-corrected chi connectivity index (χ2v) is 4.85. The van der Waals surface area contributed by atoms with Gasteiger partial charge in [-0.1, -0.05) is 6.07 Å². The van der Waals surface area contributed by atoms with Crippen molar-refractivity contribution in [2.75, 3.05) is 7.11 Å². The van der Waals surface area contributed by atoms with E-state index in [0.29, 0.717) is 28.2 Å². The number of benzene rings is 2. The molecule has 3 rings (SSSR count). The third kappa shape index (κ3) is 2.85. The van der Waals surface area contributed by atoms with Gasteiger partial charge in [0.05, 0.1) is 23.7 Å². The SMILES string of the molecule is COc1ccc(/C=C(/C#N)c2nc3ccc(F)cc3[nH]2)cc1O. The van der Waals surface area contributed by atoms with Crippen LogP contribution in [0.3, 0.4) is 0 Å². The molecular weight excluding hydrogens is 297 g/mol. The van der Waals surface area contributed by atoms with Gasteiger partial charge in [0.2, 0.25) is 0 Å². The highest BCUT2D eigenvalue weighted by Gasteiger charge is 2.09. The van der Waals surface area contributed by atoms with E-state index in [1.54, 1.807) is 24.3 Å². The number of phenolic OH excluding ortho intramolecular Hbond substituents is 1. The van der Waals surface area contributed by atoms with Crippen LogP contribution in [0.4, 0.5) is 4.39 Å². The van der Waals surface area contributed by atoms with Gasteiger partial charge >= 0.3 is 0 Å². The van der Waals surface area contributed by atoms with Crippen LogP contribution in [0.15, 0.2) is 36.4 Å². The summed E-state index contributed by atoms with van der Waals surface area (Å²) in [5.41, 5.74) is 1.97. The monoisotopic (exact) mass is 309 g/mol. The Bertz CT molecular complexity index is 954. The molecule has 3 aromatic rings. The molecule has 5 nitrogen and oxygen atoms in total. The number of phenols is 1. The number of hydrogen-bond acceptors (Lipinski definition) is 4. The Morgan fingerprint density at radius 2 is 2.17 bits per heavy atom. The zero-order valence-corrected chi connectivity index (χ0v) is 12.2. The maximum absolute atomic E-state index is 13.2. The zero-order valence-electron chi connectivity index (χ0n) is 12.2. The highest BCUT2D eigenvalue weighted by molar-refractivity contribution is 5.90. The molecule has 0 unspecified atom stereocenters. The number of imidazole rings is 1. The molecule has 2 aromatic carbocycles. The molecule has 1 heterocycles. The third-order valence-electron chi connectivity index (χ3n) is 3.33. The molecule has 0 fully saturated rings. The Morgan fingerprint density at radius 1 is 1.35 bits per heavy atom. The lowest BCUT2D eigenvalue weighted by atomic mass is 10.1. The largest absolute Gasteiger partial charge is 0.504 e. The van der Waals surface area contributed by atoms with Crippen LogP contribution in [0.1, 0.15) is 11.4 Å². The topological polar surface area (TPSA) is 81.9 Å². The Labute approximate surface area is 131 Å². The molecule has 0 aliphatic heterocycles. The van der Waals surface area contributed by atoms with Gasteiger partial charge < -0.3 is 14.8 Å². The van der Waals surface area contributed by atoms with Crippen LogP contribution in [0.2, 0.25) is 0 Å². The van der Waals surface area contributed by atoms with Crippen molar-refractivity contribution < 1.29 is 14.2 Å². The third-order valence-corrected chi connectivity index (χ3v) is 3.33. The predicted molar refractivity (Wildman–Crippen MR) is 84.2 cm³/mol. The fourth-order valence-corrected chi connectivity index (χ4v) is 2.23. The number of H-pyrrole nitrogens is 1. The van der Waals surface area contributed by atoms with E-state index in [-0.39, 0.29) is 17.1 Å². The molecule has 0 radical (unpaired) electrons. The van der Waals surface area contributed by atoms with Gasteiger partial charge in [0.25, 0.3) is 0 Å². The van der Waals surface area contributed by atoms with Crippen molar-refractivity contribution in [2.45, 2.75) is 0 Å². The minimum Gasteiger partial charge on any atom is -0.504 e. The number of allylic oxidation sites excluding steroid dienone is 1. The number of nitrogens with zero attached hydrogens (tertiary/aromatic N) is 2. The van der Waals surface area contributed by atoms with Gasteiger partial charge in [0.15, 0.2) is 11.5 Å². The average molecular weight is 309 g/mol. The highest BCUT2D eigenvalue weighted by atomic mass is 19.1. The molecular formula is C17H12FN3O2. The van der Waals surface area contributed by atoms with Gasteiger partial charge in [-0.05, 0) is 42.0 Å². The van der Waals surface area contributed by atoms with Crippen LogP contribution in [0.25, 0.3) is 22.7 Å². The van der Waals surface area contributed by atoms with Gasteiger partial charge in [-0.25, -0.2) is 9.37 Å². The number of methoxy groups -OCH3 is 1. The molecule has 0 bridgehead atoms. The van der Waals surface area contributed by atoms with Crippen molar-refractivity contribution >= 4 is 22.7 Å². The van der Waals surface area contributed by atoms with E-state index in [4.69, 9.17) is 4.74 Å². The maximum atomic E-state index is 13.2. The standard InChI is InChI=1S/C17H12FN3O2/c1-23-16-5-2-10(7-15(16)22)6-11(9-19)17-20-13-4-3-12(18)8-14(13)21-17/h2-8,22H,1H3,(H,20,21)/b11-6-. The molecule has 0 spiro atoms. The van der Waals surface area contributed by atoms with E-state index in [2.05, 4.69) is 16.0 Å². The number of hydrogen-bond donors (Lipinski definition) is 2. The smallest absolute Gasteiger partial charge is 0.160 e. The quantitative estimate of drug-likeness (QED) is 0.726. The van der Waals surface area contributed by atoms with E-state index in [9.17, 15) is 14.8 Å². The number of rotatable bonds is 3. The summed E-state index contributed by atoms with van der Waals surface area (Å²) >= 11 is 0.